The van der Waals surface area contributed by atoms with E-state index in [0.717, 1.165) is 19.5 Å². The number of hydrogen-bond acceptors (Lipinski definition) is 2. The molecular formula is C14H21BrN2. The van der Waals surface area contributed by atoms with Crippen molar-refractivity contribution in [2.24, 2.45) is 0 Å². The van der Waals surface area contributed by atoms with Gasteiger partial charge in [0.05, 0.1) is 0 Å². The van der Waals surface area contributed by atoms with E-state index in [1.165, 1.54) is 29.5 Å². The molecule has 2 nitrogen and oxygen atoms in total. The lowest BCUT2D eigenvalue weighted by Crippen LogP contribution is -2.49. The summed E-state index contributed by atoms with van der Waals surface area (Å²) in [6, 6.07) is 9.22. The number of benzene rings is 1. The third-order valence-corrected chi connectivity index (χ3v) is 4.26. The lowest BCUT2D eigenvalue weighted by molar-refractivity contribution is 0.172. The highest BCUT2D eigenvalue weighted by molar-refractivity contribution is 9.10. The first-order valence-electron chi connectivity index (χ1n) is 6.45. The average Bonchev–Trinajstić information content (AvgIpc) is 2.34. The summed E-state index contributed by atoms with van der Waals surface area (Å²) in [6.07, 6.45) is 2.41. The minimum atomic E-state index is 0.683. The molecule has 0 radical (unpaired) electrons. The van der Waals surface area contributed by atoms with Gasteiger partial charge in [0, 0.05) is 30.1 Å². The molecule has 1 fully saturated rings. The number of piperazine rings is 1. The number of halogens is 1. The molecule has 1 aromatic rings. The van der Waals surface area contributed by atoms with Crippen molar-refractivity contribution in [3.05, 3.63) is 34.3 Å². The molecular weight excluding hydrogens is 276 g/mol. The first kappa shape index (κ1) is 13.1. The standard InChI is InChI=1S/C14H21BrN2/c1-12-11-16-8-10-17(12)9-4-6-13-5-2-3-7-14(13)15/h2-3,5,7,12,16H,4,6,8-11H2,1H3. The zero-order valence-corrected chi connectivity index (χ0v) is 12.0. The minimum Gasteiger partial charge on any atom is -0.314 e. The van der Waals surface area contributed by atoms with Gasteiger partial charge in [-0.05, 0) is 37.9 Å². The molecule has 0 saturated carbocycles. The summed E-state index contributed by atoms with van der Waals surface area (Å²) in [5, 5.41) is 3.43. The molecule has 1 aliphatic heterocycles. The lowest BCUT2D eigenvalue weighted by Gasteiger charge is -2.33. The number of hydrogen-bond donors (Lipinski definition) is 1. The van der Waals surface area contributed by atoms with E-state index in [1.54, 1.807) is 0 Å². The van der Waals surface area contributed by atoms with Gasteiger partial charge in [0.2, 0.25) is 0 Å². The zero-order chi connectivity index (χ0) is 12.1. The van der Waals surface area contributed by atoms with E-state index >= 15 is 0 Å². The van der Waals surface area contributed by atoms with Gasteiger partial charge in [-0.2, -0.15) is 0 Å². The van der Waals surface area contributed by atoms with Crippen molar-refractivity contribution >= 4 is 15.9 Å². The summed E-state index contributed by atoms with van der Waals surface area (Å²) >= 11 is 3.61. The average molecular weight is 297 g/mol. The Kier molecular flexibility index (Phi) is 5.01. The highest BCUT2D eigenvalue weighted by Crippen LogP contribution is 2.17. The molecule has 1 saturated heterocycles. The zero-order valence-electron chi connectivity index (χ0n) is 10.5. The molecule has 17 heavy (non-hydrogen) atoms. The van der Waals surface area contributed by atoms with Crippen LogP contribution in [0.3, 0.4) is 0 Å². The predicted molar refractivity (Wildman–Crippen MR) is 76.4 cm³/mol. The van der Waals surface area contributed by atoms with Crippen LogP contribution in [-0.2, 0) is 6.42 Å². The van der Waals surface area contributed by atoms with Gasteiger partial charge < -0.3 is 5.32 Å². The fraction of sp³-hybridized carbons (Fsp3) is 0.571. The summed E-state index contributed by atoms with van der Waals surface area (Å²) in [6.45, 7) is 6.99. The number of nitrogens with one attached hydrogen (secondary N) is 1. The molecule has 0 aliphatic carbocycles. The minimum absolute atomic E-state index is 0.683. The Morgan fingerprint density at radius 2 is 2.24 bits per heavy atom. The molecule has 94 valence electrons. The van der Waals surface area contributed by atoms with Crippen LogP contribution in [0.5, 0.6) is 0 Å². The van der Waals surface area contributed by atoms with Crippen LogP contribution in [0.4, 0.5) is 0 Å². The van der Waals surface area contributed by atoms with E-state index in [2.05, 4.69) is 57.3 Å². The van der Waals surface area contributed by atoms with E-state index in [0.29, 0.717) is 6.04 Å². The Bertz CT molecular complexity index is 354. The summed E-state index contributed by atoms with van der Waals surface area (Å²) in [5.41, 5.74) is 1.43. The quantitative estimate of drug-likeness (QED) is 0.919. The smallest absolute Gasteiger partial charge is 0.0207 e. The normalized spacial score (nSPS) is 21.6. The van der Waals surface area contributed by atoms with Crippen molar-refractivity contribution < 1.29 is 0 Å². The van der Waals surface area contributed by atoms with Crippen LogP contribution in [0, 0.1) is 0 Å². The van der Waals surface area contributed by atoms with Gasteiger partial charge in [0.1, 0.15) is 0 Å². The summed E-state index contributed by atoms with van der Waals surface area (Å²) < 4.78 is 1.24. The molecule has 0 spiro atoms. The maximum atomic E-state index is 3.61. The molecule has 1 atom stereocenters. The summed E-state index contributed by atoms with van der Waals surface area (Å²) in [7, 11) is 0. The molecule has 1 N–H and O–H groups in total. The molecule has 2 rings (SSSR count). The fourth-order valence-electron chi connectivity index (χ4n) is 2.39. The molecule has 0 amide bonds. The predicted octanol–water partition coefficient (Wildman–Crippen LogP) is 2.68. The third-order valence-electron chi connectivity index (χ3n) is 3.49. The van der Waals surface area contributed by atoms with Gasteiger partial charge in [0.15, 0.2) is 0 Å². The molecule has 1 aromatic carbocycles. The Hall–Kier alpha value is -0.380. The van der Waals surface area contributed by atoms with Crippen LogP contribution in [0.25, 0.3) is 0 Å². The lowest BCUT2D eigenvalue weighted by atomic mass is 10.1. The van der Waals surface area contributed by atoms with Crippen LogP contribution in [0.15, 0.2) is 28.7 Å². The van der Waals surface area contributed by atoms with Crippen LogP contribution >= 0.6 is 15.9 Å². The maximum absolute atomic E-state index is 3.61. The molecule has 0 aromatic heterocycles. The van der Waals surface area contributed by atoms with Gasteiger partial charge in [-0.15, -0.1) is 0 Å². The van der Waals surface area contributed by atoms with Crippen LogP contribution < -0.4 is 5.32 Å². The second-order valence-corrected chi connectivity index (χ2v) is 5.64. The van der Waals surface area contributed by atoms with Crippen molar-refractivity contribution in [3.8, 4) is 0 Å². The van der Waals surface area contributed by atoms with Gasteiger partial charge >= 0.3 is 0 Å². The van der Waals surface area contributed by atoms with Gasteiger partial charge in [-0.3, -0.25) is 4.90 Å². The first-order chi connectivity index (χ1) is 8.27. The third kappa shape index (κ3) is 3.80. The topological polar surface area (TPSA) is 15.3 Å². The monoisotopic (exact) mass is 296 g/mol. The fourth-order valence-corrected chi connectivity index (χ4v) is 2.87. The van der Waals surface area contributed by atoms with Gasteiger partial charge in [-0.1, -0.05) is 34.1 Å². The molecule has 1 heterocycles. The van der Waals surface area contributed by atoms with E-state index in [9.17, 15) is 0 Å². The molecule has 1 aliphatic rings. The Morgan fingerprint density at radius 1 is 1.41 bits per heavy atom. The highest BCUT2D eigenvalue weighted by Gasteiger charge is 2.16. The van der Waals surface area contributed by atoms with E-state index in [-0.39, 0.29) is 0 Å². The van der Waals surface area contributed by atoms with Crippen LogP contribution in [0.2, 0.25) is 0 Å². The van der Waals surface area contributed by atoms with Crippen molar-refractivity contribution in [1.82, 2.24) is 10.2 Å². The second kappa shape index (κ2) is 6.53. The van der Waals surface area contributed by atoms with E-state index in [1.807, 2.05) is 0 Å². The summed E-state index contributed by atoms with van der Waals surface area (Å²) in [5.74, 6) is 0. The Balaban J connectivity index is 1.77. The number of aryl methyl sites for hydroxylation is 1. The van der Waals surface area contributed by atoms with Gasteiger partial charge in [-0.25, -0.2) is 0 Å². The summed E-state index contributed by atoms with van der Waals surface area (Å²) in [4.78, 5) is 2.59. The van der Waals surface area contributed by atoms with Crippen LogP contribution in [0.1, 0.15) is 18.9 Å². The second-order valence-electron chi connectivity index (χ2n) is 4.78. The maximum Gasteiger partial charge on any atom is 0.0207 e. The molecule has 3 heteroatoms. The molecule has 0 bridgehead atoms. The highest BCUT2D eigenvalue weighted by atomic mass is 79.9. The largest absolute Gasteiger partial charge is 0.314 e. The molecule has 1 unspecified atom stereocenters. The number of rotatable bonds is 4. The van der Waals surface area contributed by atoms with E-state index in [4.69, 9.17) is 0 Å². The van der Waals surface area contributed by atoms with Crippen molar-refractivity contribution in [1.29, 1.82) is 0 Å². The first-order valence-corrected chi connectivity index (χ1v) is 7.25. The van der Waals surface area contributed by atoms with Gasteiger partial charge in [0.25, 0.3) is 0 Å². The Labute approximate surface area is 113 Å². The van der Waals surface area contributed by atoms with Crippen molar-refractivity contribution in [2.75, 3.05) is 26.2 Å². The van der Waals surface area contributed by atoms with Crippen LogP contribution in [-0.4, -0.2) is 37.1 Å². The number of nitrogens with zero attached hydrogens (tertiary/aromatic N) is 1. The van der Waals surface area contributed by atoms with Crippen molar-refractivity contribution in [2.45, 2.75) is 25.8 Å². The Morgan fingerprint density at radius 3 is 3.00 bits per heavy atom. The SMILES string of the molecule is CC1CNCCN1CCCc1ccccc1Br. The van der Waals surface area contributed by atoms with Crippen molar-refractivity contribution in [3.63, 3.8) is 0 Å². The van der Waals surface area contributed by atoms with E-state index < -0.39 is 0 Å².